The Morgan fingerprint density at radius 1 is 1.30 bits per heavy atom. The monoisotopic (exact) mass is 286 g/mol. The minimum absolute atomic E-state index is 0.148. The van der Waals surface area contributed by atoms with Crippen molar-refractivity contribution >= 4 is 12.0 Å². The molecule has 0 aromatic rings. The number of carboxylic acids is 1. The standard InChI is InChI=1S/C13H22N2O5/c16-12(17)10-7-20-8-11(10)15-13(18)14-4-1-5-19-6-9-2-3-9/h9-11H,1-8H2,(H,16,17)(H2,14,15,18). The van der Waals surface area contributed by atoms with Gasteiger partial charge in [0.05, 0.1) is 19.3 Å². The molecule has 2 fully saturated rings. The SMILES string of the molecule is O=C(NCCCOCC1CC1)NC1COCC1C(=O)O. The van der Waals surface area contributed by atoms with Gasteiger partial charge in [-0.3, -0.25) is 4.79 Å². The molecule has 0 bridgehead atoms. The van der Waals surface area contributed by atoms with Crippen molar-refractivity contribution in [1.29, 1.82) is 0 Å². The van der Waals surface area contributed by atoms with Crippen LogP contribution in [0.2, 0.25) is 0 Å². The van der Waals surface area contributed by atoms with Crippen molar-refractivity contribution in [2.75, 3.05) is 33.0 Å². The minimum Gasteiger partial charge on any atom is -0.481 e. The maximum atomic E-state index is 11.6. The highest BCUT2D eigenvalue weighted by atomic mass is 16.5. The largest absolute Gasteiger partial charge is 0.481 e. The van der Waals surface area contributed by atoms with E-state index in [2.05, 4.69) is 10.6 Å². The van der Waals surface area contributed by atoms with E-state index in [9.17, 15) is 9.59 Å². The molecule has 2 aliphatic rings. The number of amides is 2. The third-order valence-electron chi connectivity index (χ3n) is 3.52. The smallest absolute Gasteiger partial charge is 0.315 e. The van der Waals surface area contributed by atoms with E-state index in [-0.39, 0.29) is 19.2 Å². The Kier molecular flexibility index (Phi) is 5.60. The van der Waals surface area contributed by atoms with Gasteiger partial charge in [0, 0.05) is 19.8 Å². The van der Waals surface area contributed by atoms with Gasteiger partial charge in [0.15, 0.2) is 0 Å². The number of urea groups is 1. The van der Waals surface area contributed by atoms with Gasteiger partial charge in [-0.2, -0.15) is 0 Å². The molecule has 0 spiro atoms. The molecule has 0 aromatic heterocycles. The van der Waals surface area contributed by atoms with Crippen LogP contribution in [0.25, 0.3) is 0 Å². The van der Waals surface area contributed by atoms with Crippen LogP contribution in [0.4, 0.5) is 4.79 Å². The molecule has 7 heteroatoms. The van der Waals surface area contributed by atoms with Crippen LogP contribution in [-0.2, 0) is 14.3 Å². The van der Waals surface area contributed by atoms with E-state index >= 15 is 0 Å². The summed E-state index contributed by atoms with van der Waals surface area (Å²) in [6.45, 7) is 2.37. The van der Waals surface area contributed by atoms with Gasteiger partial charge in [-0.05, 0) is 25.2 Å². The second-order valence-electron chi connectivity index (χ2n) is 5.36. The summed E-state index contributed by atoms with van der Waals surface area (Å²) in [7, 11) is 0. The highest BCUT2D eigenvalue weighted by Crippen LogP contribution is 2.28. The van der Waals surface area contributed by atoms with Crippen molar-refractivity contribution in [3.8, 4) is 0 Å². The Labute approximate surface area is 118 Å². The maximum absolute atomic E-state index is 11.6. The Balaban J connectivity index is 1.51. The van der Waals surface area contributed by atoms with Crippen LogP contribution in [0.3, 0.4) is 0 Å². The Morgan fingerprint density at radius 3 is 2.80 bits per heavy atom. The number of ether oxygens (including phenoxy) is 2. The molecule has 20 heavy (non-hydrogen) atoms. The van der Waals surface area contributed by atoms with Crippen molar-refractivity contribution < 1.29 is 24.2 Å². The van der Waals surface area contributed by atoms with Gasteiger partial charge in [-0.1, -0.05) is 0 Å². The summed E-state index contributed by atoms with van der Waals surface area (Å²) >= 11 is 0. The summed E-state index contributed by atoms with van der Waals surface area (Å²) in [6, 6.07) is -0.812. The molecule has 3 N–H and O–H groups in total. The number of carboxylic acid groups (broad SMARTS) is 1. The maximum Gasteiger partial charge on any atom is 0.315 e. The zero-order chi connectivity index (χ0) is 14.4. The van der Waals surface area contributed by atoms with Crippen LogP contribution < -0.4 is 10.6 Å². The van der Waals surface area contributed by atoms with Crippen LogP contribution >= 0.6 is 0 Å². The van der Waals surface area contributed by atoms with Crippen molar-refractivity contribution in [3.05, 3.63) is 0 Å². The lowest BCUT2D eigenvalue weighted by atomic mass is 10.0. The van der Waals surface area contributed by atoms with Crippen molar-refractivity contribution in [3.63, 3.8) is 0 Å². The summed E-state index contributed by atoms with van der Waals surface area (Å²) in [4.78, 5) is 22.5. The predicted octanol–water partition coefficient (Wildman–Crippen LogP) is 0.202. The first kappa shape index (κ1) is 15.1. The van der Waals surface area contributed by atoms with Crippen LogP contribution in [0.1, 0.15) is 19.3 Å². The predicted molar refractivity (Wildman–Crippen MR) is 70.4 cm³/mol. The molecule has 0 radical (unpaired) electrons. The second-order valence-corrected chi connectivity index (χ2v) is 5.36. The number of aliphatic carboxylic acids is 1. The third-order valence-corrected chi connectivity index (χ3v) is 3.52. The first-order chi connectivity index (χ1) is 9.66. The van der Waals surface area contributed by atoms with Gasteiger partial charge in [0.1, 0.15) is 5.92 Å². The zero-order valence-corrected chi connectivity index (χ0v) is 11.5. The quantitative estimate of drug-likeness (QED) is 0.554. The number of rotatable bonds is 8. The number of carbonyl (C=O) groups excluding carboxylic acids is 1. The number of nitrogens with one attached hydrogen (secondary N) is 2. The molecule has 1 aliphatic carbocycles. The molecular formula is C13H22N2O5. The van der Waals surface area contributed by atoms with Gasteiger partial charge in [-0.25, -0.2) is 4.79 Å². The van der Waals surface area contributed by atoms with Crippen LogP contribution in [0.5, 0.6) is 0 Å². The summed E-state index contributed by atoms with van der Waals surface area (Å²) in [6.07, 6.45) is 3.30. The van der Waals surface area contributed by atoms with E-state index < -0.39 is 17.9 Å². The summed E-state index contributed by atoms with van der Waals surface area (Å²) in [5.74, 6) is -0.856. The van der Waals surface area contributed by atoms with Gasteiger partial charge < -0.3 is 25.2 Å². The Hall–Kier alpha value is -1.34. The van der Waals surface area contributed by atoms with Gasteiger partial charge in [0.25, 0.3) is 0 Å². The first-order valence-electron chi connectivity index (χ1n) is 7.09. The lowest BCUT2D eigenvalue weighted by molar-refractivity contribution is -0.142. The van der Waals surface area contributed by atoms with Crippen LogP contribution in [0, 0.1) is 11.8 Å². The lowest BCUT2D eigenvalue weighted by Crippen LogP contribution is -2.47. The van der Waals surface area contributed by atoms with Crippen molar-refractivity contribution in [1.82, 2.24) is 10.6 Å². The van der Waals surface area contributed by atoms with Crippen molar-refractivity contribution in [2.24, 2.45) is 11.8 Å². The molecule has 2 atom stereocenters. The first-order valence-corrected chi connectivity index (χ1v) is 7.09. The topological polar surface area (TPSA) is 96.9 Å². The molecule has 1 aliphatic heterocycles. The van der Waals surface area contributed by atoms with Gasteiger partial charge in [0.2, 0.25) is 0 Å². The minimum atomic E-state index is -0.943. The average Bonchev–Trinajstić information content (AvgIpc) is 3.11. The molecule has 0 aromatic carbocycles. The van der Waals surface area contributed by atoms with E-state index in [1.165, 1.54) is 12.8 Å². The summed E-state index contributed by atoms with van der Waals surface area (Å²) in [5, 5.41) is 14.3. The van der Waals surface area contributed by atoms with E-state index in [1.807, 2.05) is 0 Å². The molecule has 1 heterocycles. The van der Waals surface area contributed by atoms with Crippen LogP contribution in [0.15, 0.2) is 0 Å². The third kappa shape index (κ3) is 4.97. The van der Waals surface area contributed by atoms with Crippen LogP contribution in [-0.4, -0.2) is 56.1 Å². The molecule has 114 valence electrons. The summed E-state index contributed by atoms with van der Waals surface area (Å²) in [5.41, 5.74) is 0. The Bertz CT molecular complexity index is 346. The zero-order valence-electron chi connectivity index (χ0n) is 11.5. The molecule has 2 rings (SSSR count). The molecule has 2 unspecified atom stereocenters. The normalized spacial score (nSPS) is 25.4. The van der Waals surface area contributed by atoms with Gasteiger partial charge in [-0.15, -0.1) is 0 Å². The Morgan fingerprint density at radius 2 is 2.10 bits per heavy atom. The average molecular weight is 286 g/mol. The fourth-order valence-corrected chi connectivity index (χ4v) is 2.07. The number of carbonyl (C=O) groups is 2. The van der Waals surface area contributed by atoms with Crippen molar-refractivity contribution in [2.45, 2.75) is 25.3 Å². The van der Waals surface area contributed by atoms with E-state index in [0.29, 0.717) is 13.2 Å². The fourth-order valence-electron chi connectivity index (χ4n) is 2.07. The highest BCUT2D eigenvalue weighted by Gasteiger charge is 2.34. The summed E-state index contributed by atoms with van der Waals surface area (Å²) < 4.78 is 10.5. The van der Waals surface area contributed by atoms with Gasteiger partial charge >= 0.3 is 12.0 Å². The molecule has 2 amide bonds. The number of hydrogen-bond donors (Lipinski definition) is 3. The lowest BCUT2D eigenvalue weighted by Gasteiger charge is -2.16. The highest BCUT2D eigenvalue weighted by molar-refractivity contribution is 5.77. The molecular weight excluding hydrogens is 264 g/mol. The molecule has 1 saturated carbocycles. The molecule has 1 saturated heterocycles. The molecule has 7 nitrogen and oxygen atoms in total. The number of hydrogen-bond acceptors (Lipinski definition) is 4. The second kappa shape index (κ2) is 7.44. The fraction of sp³-hybridized carbons (Fsp3) is 0.846. The van der Waals surface area contributed by atoms with E-state index in [0.717, 1.165) is 18.9 Å². The van der Waals surface area contributed by atoms with E-state index in [1.54, 1.807) is 0 Å². The van der Waals surface area contributed by atoms with E-state index in [4.69, 9.17) is 14.6 Å².